The summed E-state index contributed by atoms with van der Waals surface area (Å²) in [4.78, 5) is 4.58. The summed E-state index contributed by atoms with van der Waals surface area (Å²) in [7, 11) is 0. The molecule has 0 amide bonds. The van der Waals surface area contributed by atoms with Crippen molar-refractivity contribution in [3.05, 3.63) is 0 Å². The first kappa shape index (κ1) is 15.3. The predicted molar refractivity (Wildman–Crippen MR) is 77.0 cm³/mol. The molecule has 0 saturated heterocycles. The van der Waals surface area contributed by atoms with Crippen molar-refractivity contribution in [3.8, 4) is 0 Å². The van der Waals surface area contributed by atoms with Gasteiger partial charge < -0.3 is 15.4 Å². The van der Waals surface area contributed by atoms with Crippen LogP contribution in [0.25, 0.3) is 0 Å². The van der Waals surface area contributed by atoms with E-state index < -0.39 is 0 Å². The third-order valence-corrected chi connectivity index (χ3v) is 2.76. The highest BCUT2D eigenvalue weighted by Gasteiger charge is 2.20. The zero-order valence-electron chi connectivity index (χ0n) is 12.2. The molecule has 0 unspecified atom stereocenters. The molecule has 2 N–H and O–H groups in total. The van der Waals surface area contributed by atoms with E-state index in [1.165, 1.54) is 12.8 Å². The second kappa shape index (κ2) is 9.20. The minimum Gasteiger partial charge on any atom is -0.381 e. The van der Waals surface area contributed by atoms with Gasteiger partial charge in [-0.15, -0.1) is 0 Å². The van der Waals surface area contributed by atoms with Gasteiger partial charge >= 0.3 is 0 Å². The first-order valence-corrected chi connectivity index (χ1v) is 7.32. The largest absolute Gasteiger partial charge is 0.381 e. The van der Waals surface area contributed by atoms with E-state index in [0.717, 1.165) is 51.1 Å². The van der Waals surface area contributed by atoms with E-state index in [1.807, 2.05) is 0 Å². The van der Waals surface area contributed by atoms with Crippen molar-refractivity contribution >= 4 is 5.96 Å². The molecular weight excluding hydrogens is 226 g/mol. The molecule has 1 fully saturated rings. The Hall–Kier alpha value is -0.770. The fourth-order valence-corrected chi connectivity index (χ4v) is 1.56. The van der Waals surface area contributed by atoms with Crippen LogP contribution in [0.1, 0.15) is 40.0 Å². The van der Waals surface area contributed by atoms with Crippen LogP contribution in [0.15, 0.2) is 4.99 Å². The zero-order chi connectivity index (χ0) is 13.2. The molecule has 0 aromatic rings. The summed E-state index contributed by atoms with van der Waals surface area (Å²) in [5.74, 6) is 2.42. The maximum Gasteiger partial charge on any atom is 0.191 e. The lowest BCUT2D eigenvalue weighted by Gasteiger charge is -2.11. The van der Waals surface area contributed by atoms with Crippen molar-refractivity contribution in [1.82, 2.24) is 10.6 Å². The number of guanidine groups is 1. The Morgan fingerprint density at radius 1 is 1.33 bits per heavy atom. The summed E-state index contributed by atoms with van der Waals surface area (Å²) in [5, 5.41) is 6.62. The van der Waals surface area contributed by atoms with Gasteiger partial charge in [-0.25, -0.2) is 0 Å². The van der Waals surface area contributed by atoms with Gasteiger partial charge in [0, 0.05) is 32.8 Å². The van der Waals surface area contributed by atoms with Crippen LogP contribution in [0.3, 0.4) is 0 Å². The average molecular weight is 255 g/mol. The number of hydrogen-bond donors (Lipinski definition) is 2. The smallest absolute Gasteiger partial charge is 0.191 e. The van der Waals surface area contributed by atoms with Crippen LogP contribution in [-0.2, 0) is 4.74 Å². The van der Waals surface area contributed by atoms with Gasteiger partial charge in [0.2, 0.25) is 0 Å². The van der Waals surface area contributed by atoms with Gasteiger partial charge in [0.05, 0.1) is 0 Å². The molecule has 0 aliphatic heterocycles. The molecule has 4 nitrogen and oxygen atoms in total. The van der Waals surface area contributed by atoms with Crippen LogP contribution >= 0.6 is 0 Å². The lowest BCUT2D eigenvalue weighted by molar-refractivity contribution is 0.108. The number of nitrogens with zero attached hydrogens (tertiary/aromatic N) is 1. The average Bonchev–Trinajstić information content (AvgIpc) is 3.13. The Kier molecular flexibility index (Phi) is 7.81. The summed E-state index contributed by atoms with van der Waals surface area (Å²) in [5.41, 5.74) is 0. The maximum atomic E-state index is 5.54. The molecule has 0 aromatic heterocycles. The van der Waals surface area contributed by atoms with Crippen LogP contribution in [-0.4, -0.2) is 38.8 Å². The van der Waals surface area contributed by atoms with Crippen molar-refractivity contribution in [2.24, 2.45) is 16.8 Å². The Balaban J connectivity index is 2.03. The number of hydrogen-bond acceptors (Lipinski definition) is 2. The van der Waals surface area contributed by atoms with Crippen molar-refractivity contribution in [1.29, 1.82) is 0 Å². The number of nitrogens with one attached hydrogen (secondary N) is 2. The van der Waals surface area contributed by atoms with E-state index in [1.54, 1.807) is 0 Å². The highest BCUT2D eigenvalue weighted by molar-refractivity contribution is 5.79. The lowest BCUT2D eigenvalue weighted by Crippen LogP contribution is -2.38. The van der Waals surface area contributed by atoms with E-state index in [-0.39, 0.29) is 0 Å². The Labute approximate surface area is 112 Å². The zero-order valence-corrected chi connectivity index (χ0v) is 12.2. The second-order valence-corrected chi connectivity index (χ2v) is 5.41. The monoisotopic (exact) mass is 255 g/mol. The molecule has 1 aliphatic carbocycles. The molecule has 0 radical (unpaired) electrons. The normalized spacial score (nSPS) is 16.1. The first-order valence-electron chi connectivity index (χ1n) is 7.32. The predicted octanol–water partition coefficient (Wildman–Crippen LogP) is 2.01. The van der Waals surface area contributed by atoms with E-state index in [2.05, 4.69) is 36.4 Å². The molecule has 0 bridgehead atoms. The summed E-state index contributed by atoms with van der Waals surface area (Å²) >= 11 is 0. The summed E-state index contributed by atoms with van der Waals surface area (Å²) in [6.45, 7) is 10.9. The lowest BCUT2D eigenvalue weighted by atomic mass is 10.2. The molecule has 0 spiro atoms. The van der Waals surface area contributed by atoms with Crippen LogP contribution in [0.2, 0.25) is 0 Å². The molecule has 18 heavy (non-hydrogen) atoms. The molecule has 0 aromatic carbocycles. The van der Waals surface area contributed by atoms with Crippen molar-refractivity contribution < 1.29 is 4.74 Å². The molecule has 0 heterocycles. The van der Waals surface area contributed by atoms with E-state index >= 15 is 0 Å². The quantitative estimate of drug-likeness (QED) is 0.376. The van der Waals surface area contributed by atoms with Crippen molar-refractivity contribution in [2.75, 3.05) is 32.8 Å². The van der Waals surface area contributed by atoms with Gasteiger partial charge in [0.1, 0.15) is 0 Å². The molecule has 1 aliphatic rings. The van der Waals surface area contributed by atoms with Gasteiger partial charge in [0.15, 0.2) is 5.96 Å². The molecular formula is C14H29N3O. The minimum absolute atomic E-state index is 0.621. The number of rotatable bonds is 9. The summed E-state index contributed by atoms with van der Waals surface area (Å²) in [6, 6.07) is 0. The number of ether oxygens (including phenoxy) is 1. The van der Waals surface area contributed by atoms with E-state index in [4.69, 9.17) is 4.74 Å². The molecule has 4 heteroatoms. The minimum atomic E-state index is 0.621. The van der Waals surface area contributed by atoms with Crippen LogP contribution in [0.4, 0.5) is 0 Å². The SMILES string of the molecule is CCNC(=NCC1CC1)NCCCOCC(C)C. The topological polar surface area (TPSA) is 45.7 Å². The first-order chi connectivity index (χ1) is 8.72. The third kappa shape index (κ3) is 8.34. The van der Waals surface area contributed by atoms with Crippen molar-refractivity contribution in [3.63, 3.8) is 0 Å². The molecule has 1 rings (SSSR count). The van der Waals surface area contributed by atoms with Crippen LogP contribution < -0.4 is 10.6 Å². The summed E-state index contributed by atoms with van der Waals surface area (Å²) in [6.07, 6.45) is 3.73. The van der Waals surface area contributed by atoms with Crippen molar-refractivity contribution in [2.45, 2.75) is 40.0 Å². The Morgan fingerprint density at radius 2 is 2.11 bits per heavy atom. The highest BCUT2D eigenvalue weighted by atomic mass is 16.5. The van der Waals surface area contributed by atoms with E-state index in [0.29, 0.717) is 5.92 Å². The standard InChI is InChI=1S/C14H29N3O/c1-4-15-14(17-10-13-6-7-13)16-8-5-9-18-11-12(2)3/h12-13H,4-11H2,1-3H3,(H2,15,16,17). The number of aliphatic imine (C=N–C) groups is 1. The Bertz CT molecular complexity index is 237. The summed E-state index contributed by atoms with van der Waals surface area (Å²) < 4.78 is 5.54. The third-order valence-electron chi connectivity index (χ3n) is 2.76. The van der Waals surface area contributed by atoms with E-state index in [9.17, 15) is 0 Å². The van der Waals surface area contributed by atoms with Gasteiger partial charge in [-0.3, -0.25) is 4.99 Å². The maximum absolute atomic E-state index is 5.54. The fraction of sp³-hybridized carbons (Fsp3) is 0.929. The van der Waals surface area contributed by atoms with Crippen LogP contribution in [0, 0.1) is 11.8 Å². The van der Waals surface area contributed by atoms with Gasteiger partial charge in [-0.05, 0) is 38.0 Å². The molecule has 1 saturated carbocycles. The molecule has 106 valence electrons. The second-order valence-electron chi connectivity index (χ2n) is 5.41. The molecule has 0 atom stereocenters. The highest BCUT2D eigenvalue weighted by Crippen LogP contribution is 2.28. The van der Waals surface area contributed by atoms with Gasteiger partial charge in [0.25, 0.3) is 0 Å². The fourth-order valence-electron chi connectivity index (χ4n) is 1.56. The Morgan fingerprint density at radius 3 is 2.72 bits per heavy atom. The van der Waals surface area contributed by atoms with Crippen LogP contribution in [0.5, 0.6) is 0 Å². The van der Waals surface area contributed by atoms with Gasteiger partial charge in [-0.1, -0.05) is 13.8 Å². The van der Waals surface area contributed by atoms with Gasteiger partial charge in [-0.2, -0.15) is 0 Å².